The largest absolute Gasteiger partial charge is 0.333 e. The standard InChI is InChI=1S/C15H15BrN2O3S2/c16-10-23(20,21)17-13-4-3-11-5-6-18(9-12(11)8-13)15(19)14-2-1-7-22-14/h1-4,7-8,17H,5-6,9-10H2. The summed E-state index contributed by atoms with van der Waals surface area (Å²) in [5, 5.41) is 1.89. The van der Waals surface area contributed by atoms with Crippen LogP contribution in [0, 0.1) is 0 Å². The molecule has 3 rings (SSSR count). The number of sulfonamides is 1. The molecular formula is C15H15BrN2O3S2. The number of hydrogen-bond donors (Lipinski definition) is 1. The zero-order valence-electron chi connectivity index (χ0n) is 12.2. The number of thiophene rings is 1. The molecule has 0 unspecified atom stereocenters. The van der Waals surface area contributed by atoms with Crippen molar-refractivity contribution in [3.8, 4) is 0 Å². The second-order valence-electron chi connectivity index (χ2n) is 5.26. The highest BCUT2D eigenvalue weighted by Gasteiger charge is 2.23. The predicted molar refractivity (Wildman–Crippen MR) is 95.5 cm³/mol. The van der Waals surface area contributed by atoms with Crippen molar-refractivity contribution >= 4 is 48.9 Å². The molecule has 1 N–H and O–H groups in total. The lowest BCUT2D eigenvalue weighted by Gasteiger charge is -2.29. The number of amides is 1. The second-order valence-corrected chi connectivity index (χ2v) is 9.24. The van der Waals surface area contributed by atoms with Gasteiger partial charge in [-0.1, -0.05) is 28.1 Å². The Balaban J connectivity index is 1.80. The van der Waals surface area contributed by atoms with Gasteiger partial charge in [0.2, 0.25) is 10.0 Å². The molecule has 0 saturated carbocycles. The van der Waals surface area contributed by atoms with Gasteiger partial charge in [-0.2, -0.15) is 0 Å². The van der Waals surface area contributed by atoms with Gasteiger partial charge in [-0.15, -0.1) is 11.3 Å². The minimum atomic E-state index is -3.38. The number of hydrogen-bond acceptors (Lipinski definition) is 4. The first kappa shape index (κ1) is 16.5. The molecule has 0 fully saturated rings. The number of nitrogens with zero attached hydrogens (tertiary/aromatic N) is 1. The Hall–Kier alpha value is -1.38. The van der Waals surface area contributed by atoms with Crippen LogP contribution in [0.25, 0.3) is 0 Å². The van der Waals surface area contributed by atoms with Gasteiger partial charge in [0.1, 0.15) is 4.66 Å². The molecule has 1 aliphatic heterocycles. The quantitative estimate of drug-likeness (QED) is 0.781. The molecule has 0 aliphatic carbocycles. The summed E-state index contributed by atoms with van der Waals surface area (Å²) in [6.45, 7) is 1.17. The molecule has 5 nitrogen and oxygen atoms in total. The fourth-order valence-electron chi connectivity index (χ4n) is 2.56. The van der Waals surface area contributed by atoms with Gasteiger partial charge >= 0.3 is 0 Å². The van der Waals surface area contributed by atoms with Crippen molar-refractivity contribution in [3.05, 3.63) is 51.7 Å². The number of anilines is 1. The van der Waals surface area contributed by atoms with Gasteiger partial charge in [0.05, 0.1) is 4.88 Å². The first-order valence-corrected chi connectivity index (χ1v) is 10.6. The van der Waals surface area contributed by atoms with Crippen LogP contribution in [0.4, 0.5) is 5.69 Å². The Morgan fingerprint density at radius 3 is 2.83 bits per heavy atom. The van der Waals surface area contributed by atoms with E-state index in [4.69, 9.17) is 0 Å². The van der Waals surface area contributed by atoms with E-state index in [2.05, 4.69) is 20.7 Å². The van der Waals surface area contributed by atoms with Crippen LogP contribution in [0.3, 0.4) is 0 Å². The summed E-state index contributed by atoms with van der Waals surface area (Å²) in [6.07, 6.45) is 0.776. The van der Waals surface area contributed by atoms with Gasteiger partial charge in [-0.05, 0) is 41.1 Å². The summed E-state index contributed by atoms with van der Waals surface area (Å²) in [4.78, 5) is 15.0. The van der Waals surface area contributed by atoms with Crippen LogP contribution < -0.4 is 4.72 Å². The number of carbonyl (C=O) groups excluding carboxylic acids is 1. The number of alkyl halides is 1. The molecule has 1 aromatic carbocycles. The third-order valence-electron chi connectivity index (χ3n) is 3.65. The molecule has 1 aliphatic rings. The average molecular weight is 415 g/mol. The van der Waals surface area contributed by atoms with E-state index in [0.717, 1.165) is 22.4 Å². The van der Waals surface area contributed by atoms with Gasteiger partial charge < -0.3 is 4.90 Å². The Labute approximate surface area is 147 Å². The van der Waals surface area contributed by atoms with Crippen molar-refractivity contribution < 1.29 is 13.2 Å². The number of fused-ring (bicyclic) bond motifs is 1. The fraction of sp³-hybridized carbons (Fsp3) is 0.267. The number of benzene rings is 1. The van der Waals surface area contributed by atoms with Crippen LogP contribution in [-0.2, 0) is 23.0 Å². The molecule has 0 atom stereocenters. The topological polar surface area (TPSA) is 66.5 Å². The van der Waals surface area contributed by atoms with Gasteiger partial charge in [-0.25, -0.2) is 8.42 Å². The smallest absolute Gasteiger partial charge is 0.264 e. The van der Waals surface area contributed by atoms with Crippen molar-refractivity contribution in [2.24, 2.45) is 0 Å². The third kappa shape index (κ3) is 3.76. The molecule has 2 aromatic rings. The molecule has 1 amide bonds. The van der Waals surface area contributed by atoms with Gasteiger partial charge in [0.15, 0.2) is 0 Å². The fourth-order valence-corrected chi connectivity index (χ4v) is 4.13. The number of halogens is 1. The first-order valence-electron chi connectivity index (χ1n) is 6.99. The normalized spacial score (nSPS) is 14.4. The number of rotatable bonds is 4. The lowest BCUT2D eigenvalue weighted by atomic mass is 9.99. The van der Waals surface area contributed by atoms with Crippen LogP contribution in [0.1, 0.15) is 20.8 Å². The summed E-state index contributed by atoms with van der Waals surface area (Å²) in [7, 11) is -3.38. The lowest BCUT2D eigenvalue weighted by molar-refractivity contribution is 0.0739. The van der Waals surface area contributed by atoms with Crippen LogP contribution in [0.2, 0.25) is 0 Å². The maximum absolute atomic E-state index is 12.4. The van der Waals surface area contributed by atoms with Crippen LogP contribution >= 0.6 is 27.3 Å². The van der Waals surface area contributed by atoms with E-state index in [0.29, 0.717) is 18.8 Å². The minimum absolute atomic E-state index is 0.0251. The van der Waals surface area contributed by atoms with Gasteiger partial charge in [-0.3, -0.25) is 9.52 Å². The Kier molecular flexibility index (Phi) is 4.74. The highest BCUT2D eigenvalue weighted by atomic mass is 79.9. The van der Waals surface area contributed by atoms with Crippen molar-refractivity contribution in [1.82, 2.24) is 4.90 Å². The summed E-state index contributed by atoms with van der Waals surface area (Å²) in [6, 6.07) is 9.18. The molecule has 2 heterocycles. The maximum Gasteiger partial charge on any atom is 0.264 e. The monoisotopic (exact) mass is 414 g/mol. The lowest BCUT2D eigenvalue weighted by Crippen LogP contribution is -2.35. The Morgan fingerprint density at radius 1 is 1.30 bits per heavy atom. The molecule has 0 saturated heterocycles. The van der Waals surface area contributed by atoms with Gasteiger partial charge in [0.25, 0.3) is 5.91 Å². The van der Waals surface area contributed by atoms with E-state index in [1.165, 1.54) is 11.3 Å². The third-order valence-corrected chi connectivity index (χ3v) is 7.15. The van der Waals surface area contributed by atoms with E-state index in [1.807, 2.05) is 29.6 Å². The maximum atomic E-state index is 12.4. The molecule has 0 spiro atoms. The van der Waals surface area contributed by atoms with Crippen LogP contribution in [0.15, 0.2) is 35.7 Å². The molecule has 0 radical (unpaired) electrons. The predicted octanol–water partition coefficient (Wildman–Crippen LogP) is 3.04. The minimum Gasteiger partial charge on any atom is -0.333 e. The van der Waals surface area contributed by atoms with Crippen molar-refractivity contribution in [2.45, 2.75) is 13.0 Å². The van der Waals surface area contributed by atoms with Crippen LogP contribution in [0.5, 0.6) is 0 Å². The number of carbonyl (C=O) groups is 1. The Morgan fingerprint density at radius 2 is 2.13 bits per heavy atom. The summed E-state index contributed by atoms with van der Waals surface area (Å²) in [5.41, 5.74) is 2.66. The highest BCUT2D eigenvalue weighted by Crippen LogP contribution is 2.25. The SMILES string of the molecule is O=C(c1cccs1)N1CCc2ccc(NS(=O)(=O)CBr)cc2C1. The van der Waals surface area contributed by atoms with E-state index >= 15 is 0 Å². The first-order chi connectivity index (χ1) is 11.0. The van der Waals surface area contributed by atoms with Crippen molar-refractivity contribution in [1.29, 1.82) is 0 Å². The zero-order valence-corrected chi connectivity index (χ0v) is 15.4. The molecule has 122 valence electrons. The summed E-state index contributed by atoms with van der Waals surface area (Å²) >= 11 is 4.38. The van der Waals surface area contributed by atoms with Crippen LogP contribution in [-0.4, -0.2) is 30.4 Å². The van der Waals surface area contributed by atoms with Crippen molar-refractivity contribution in [2.75, 3.05) is 15.9 Å². The zero-order chi connectivity index (χ0) is 16.4. The second kappa shape index (κ2) is 6.62. The molecule has 0 bridgehead atoms. The summed E-state index contributed by atoms with van der Waals surface area (Å²) < 4.78 is 25.6. The average Bonchev–Trinajstić information content (AvgIpc) is 3.07. The molecule has 23 heavy (non-hydrogen) atoms. The number of nitrogens with one attached hydrogen (secondary N) is 1. The Bertz CT molecular complexity index is 819. The summed E-state index contributed by atoms with van der Waals surface area (Å²) in [5.74, 6) is 0.0251. The molecule has 8 heteroatoms. The van der Waals surface area contributed by atoms with E-state index in [9.17, 15) is 13.2 Å². The van der Waals surface area contributed by atoms with E-state index in [1.54, 1.807) is 11.0 Å². The molecular weight excluding hydrogens is 400 g/mol. The van der Waals surface area contributed by atoms with E-state index < -0.39 is 10.0 Å². The highest BCUT2D eigenvalue weighted by molar-refractivity contribution is 9.10. The van der Waals surface area contributed by atoms with Crippen molar-refractivity contribution in [3.63, 3.8) is 0 Å². The van der Waals surface area contributed by atoms with Gasteiger partial charge in [0, 0.05) is 18.8 Å². The van der Waals surface area contributed by atoms with E-state index in [-0.39, 0.29) is 10.6 Å². The molecule has 1 aromatic heterocycles.